The van der Waals surface area contributed by atoms with Gasteiger partial charge in [-0.3, -0.25) is 0 Å². The summed E-state index contributed by atoms with van der Waals surface area (Å²) in [5, 5.41) is 0. The molecule has 0 atom stereocenters. The fraction of sp³-hybridized carbons (Fsp3) is 0.400. The first-order chi connectivity index (χ1) is 7.92. The number of halogens is 5. The highest BCUT2D eigenvalue weighted by molar-refractivity contribution is 9.10. The van der Waals surface area contributed by atoms with Crippen molar-refractivity contribution >= 4 is 39.3 Å². The Morgan fingerprint density at radius 1 is 1.35 bits per heavy atom. The number of hydrogen-bond acceptors (Lipinski definition) is 2. The lowest BCUT2D eigenvalue weighted by atomic mass is 10.2. The molecule has 0 aliphatic heterocycles. The molecule has 96 valence electrons. The van der Waals surface area contributed by atoms with Crippen LogP contribution in [0.2, 0.25) is 0 Å². The van der Waals surface area contributed by atoms with Crippen molar-refractivity contribution < 1.29 is 17.9 Å². The lowest BCUT2D eigenvalue weighted by molar-refractivity contribution is -0.0329. The number of thioether (sulfide) groups is 1. The molecule has 1 nitrogen and oxygen atoms in total. The van der Waals surface area contributed by atoms with E-state index in [9.17, 15) is 13.2 Å². The van der Waals surface area contributed by atoms with Gasteiger partial charge in [0.1, 0.15) is 5.75 Å². The van der Waals surface area contributed by atoms with Crippen LogP contribution in [-0.2, 0) is 5.88 Å². The van der Waals surface area contributed by atoms with Gasteiger partial charge < -0.3 is 4.74 Å². The third-order valence-electron chi connectivity index (χ3n) is 1.77. The van der Waals surface area contributed by atoms with Gasteiger partial charge in [0, 0.05) is 15.8 Å². The minimum absolute atomic E-state index is 0.00427. The fourth-order valence-electron chi connectivity index (χ4n) is 1.10. The van der Waals surface area contributed by atoms with E-state index in [0.29, 0.717) is 5.75 Å². The Bertz CT molecular complexity index is 373. The molecule has 0 saturated heterocycles. The minimum Gasteiger partial charge on any atom is -0.492 e. The summed E-state index contributed by atoms with van der Waals surface area (Å²) in [5.74, 6) is 0.633. The largest absolute Gasteiger partial charge is 0.492 e. The van der Waals surface area contributed by atoms with E-state index in [1.54, 1.807) is 18.2 Å². The number of alkyl halides is 4. The summed E-state index contributed by atoms with van der Waals surface area (Å²) in [7, 11) is 0. The van der Waals surface area contributed by atoms with Gasteiger partial charge in [-0.15, -0.1) is 11.6 Å². The summed E-state index contributed by atoms with van der Waals surface area (Å²) in [6, 6.07) is 5.21. The molecule has 0 amide bonds. The van der Waals surface area contributed by atoms with Crippen molar-refractivity contribution in [2.75, 3.05) is 12.4 Å². The smallest absolute Gasteiger partial charge is 0.441 e. The van der Waals surface area contributed by atoms with Gasteiger partial charge in [-0.1, -0.05) is 15.9 Å². The summed E-state index contributed by atoms with van der Waals surface area (Å²) in [6.07, 6.45) is 0. The Morgan fingerprint density at radius 2 is 2.06 bits per heavy atom. The van der Waals surface area contributed by atoms with Gasteiger partial charge in [0.15, 0.2) is 0 Å². The quantitative estimate of drug-likeness (QED) is 0.557. The van der Waals surface area contributed by atoms with Crippen LogP contribution in [0.25, 0.3) is 0 Å². The molecule has 0 N–H and O–H groups in total. The van der Waals surface area contributed by atoms with E-state index >= 15 is 0 Å². The predicted octanol–water partition coefficient (Wildman–Crippen LogP) is 4.82. The van der Waals surface area contributed by atoms with E-state index in [1.807, 2.05) is 0 Å². The van der Waals surface area contributed by atoms with Crippen molar-refractivity contribution in [1.29, 1.82) is 0 Å². The maximum Gasteiger partial charge on any atom is 0.441 e. The van der Waals surface area contributed by atoms with Gasteiger partial charge in [0.25, 0.3) is 0 Å². The van der Waals surface area contributed by atoms with Gasteiger partial charge >= 0.3 is 5.51 Å². The first-order valence-corrected chi connectivity index (χ1v) is 6.91. The minimum atomic E-state index is -4.21. The van der Waals surface area contributed by atoms with Crippen LogP contribution in [0.5, 0.6) is 5.75 Å². The predicted molar refractivity (Wildman–Crippen MR) is 67.7 cm³/mol. The van der Waals surface area contributed by atoms with E-state index < -0.39 is 5.51 Å². The van der Waals surface area contributed by atoms with Gasteiger partial charge in [0.2, 0.25) is 0 Å². The van der Waals surface area contributed by atoms with Crippen LogP contribution in [0.15, 0.2) is 22.7 Å². The summed E-state index contributed by atoms with van der Waals surface area (Å²) in [5.41, 5.74) is -3.46. The molecule has 0 aliphatic rings. The lowest BCUT2D eigenvalue weighted by Crippen LogP contribution is -2.08. The first kappa shape index (κ1) is 15.0. The maximum atomic E-state index is 11.9. The van der Waals surface area contributed by atoms with Crippen molar-refractivity contribution in [2.45, 2.75) is 11.4 Å². The molecule has 0 bridgehead atoms. The van der Waals surface area contributed by atoms with Crippen LogP contribution in [0, 0.1) is 0 Å². The summed E-state index contributed by atoms with van der Waals surface area (Å²) in [4.78, 5) is 0. The number of rotatable bonds is 5. The third-order valence-corrected chi connectivity index (χ3v) is 3.25. The van der Waals surface area contributed by atoms with Crippen LogP contribution in [0.4, 0.5) is 13.2 Å². The van der Waals surface area contributed by atoms with E-state index in [-0.39, 0.29) is 30.0 Å². The molecule has 0 aliphatic carbocycles. The Labute approximate surface area is 115 Å². The second-order valence-electron chi connectivity index (χ2n) is 3.03. The highest BCUT2D eigenvalue weighted by Gasteiger charge is 2.27. The van der Waals surface area contributed by atoms with Crippen molar-refractivity contribution in [3.63, 3.8) is 0 Å². The average molecular weight is 350 g/mol. The normalized spacial score (nSPS) is 11.6. The monoisotopic (exact) mass is 348 g/mol. The van der Waals surface area contributed by atoms with Crippen LogP contribution in [0.3, 0.4) is 0 Å². The molecule has 0 heterocycles. The molecular weight excluding hydrogens is 341 g/mol. The summed E-state index contributed by atoms with van der Waals surface area (Å²) < 4.78 is 41.7. The molecule has 0 aromatic heterocycles. The molecule has 0 radical (unpaired) electrons. The molecule has 7 heteroatoms. The van der Waals surface area contributed by atoms with Crippen LogP contribution in [-0.4, -0.2) is 17.9 Å². The first-order valence-electron chi connectivity index (χ1n) is 4.60. The second-order valence-corrected chi connectivity index (χ2v) is 5.37. The van der Waals surface area contributed by atoms with E-state index in [1.165, 1.54) is 0 Å². The number of benzene rings is 1. The van der Waals surface area contributed by atoms with Crippen LogP contribution < -0.4 is 4.74 Å². The highest BCUT2D eigenvalue weighted by atomic mass is 79.9. The number of hydrogen-bond donors (Lipinski definition) is 0. The van der Waals surface area contributed by atoms with Gasteiger partial charge in [-0.2, -0.15) is 13.2 Å². The summed E-state index contributed by atoms with van der Waals surface area (Å²) in [6.45, 7) is -0.00427. The molecular formula is C10H9BrClF3OS. The van der Waals surface area contributed by atoms with Gasteiger partial charge in [0.05, 0.1) is 12.5 Å². The Kier molecular flexibility index (Phi) is 5.95. The standard InChI is InChI=1S/C10H9BrClF3OS/c11-8-1-2-9(7(5-8)6-12)16-3-4-17-10(13,14)15/h1-2,5H,3-4,6H2. The third kappa shape index (κ3) is 5.88. The zero-order chi connectivity index (χ0) is 12.9. The topological polar surface area (TPSA) is 9.23 Å². The van der Waals surface area contributed by atoms with Gasteiger partial charge in [-0.25, -0.2) is 0 Å². The molecule has 0 fully saturated rings. The molecule has 1 aromatic carbocycles. The van der Waals surface area contributed by atoms with Crippen molar-refractivity contribution in [2.24, 2.45) is 0 Å². The van der Waals surface area contributed by atoms with Crippen LogP contribution in [0.1, 0.15) is 5.56 Å². The van der Waals surface area contributed by atoms with E-state index in [4.69, 9.17) is 16.3 Å². The molecule has 1 rings (SSSR count). The van der Waals surface area contributed by atoms with E-state index in [0.717, 1.165) is 10.0 Å². The van der Waals surface area contributed by atoms with Crippen molar-refractivity contribution in [1.82, 2.24) is 0 Å². The zero-order valence-electron chi connectivity index (χ0n) is 8.56. The van der Waals surface area contributed by atoms with E-state index in [2.05, 4.69) is 15.9 Å². The second kappa shape index (κ2) is 6.75. The maximum absolute atomic E-state index is 11.9. The molecule has 0 spiro atoms. The molecule has 0 unspecified atom stereocenters. The molecule has 1 aromatic rings. The zero-order valence-corrected chi connectivity index (χ0v) is 11.7. The highest BCUT2D eigenvalue weighted by Crippen LogP contribution is 2.30. The SMILES string of the molecule is FC(F)(F)SCCOc1ccc(Br)cc1CCl. The number of ether oxygens (including phenoxy) is 1. The Balaban J connectivity index is 2.46. The Morgan fingerprint density at radius 3 is 2.65 bits per heavy atom. The average Bonchev–Trinajstić information content (AvgIpc) is 2.24. The molecule has 17 heavy (non-hydrogen) atoms. The van der Waals surface area contributed by atoms with Crippen molar-refractivity contribution in [3.8, 4) is 5.75 Å². The lowest BCUT2D eigenvalue weighted by Gasteiger charge is -2.11. The van der Waals surface area contributed by atoms with Crippen molar-refractivity contribution in [3.05, 3.63) is 28.2 Å². The van der Waals surface area contributed by atoms with Crippen LogP contribution >= 0.6 is 39.3 Å². The summed E-state index contributed by atoms with van der Waals surface area (Å²) >= 11 is 8.88. The van der Waals surface area contributed by atoms with Gasteiger partial charge in [-0.05, 0) is 30.0 Å². The Hall–Kier alpha value is -0.0700. The fourth-order valence-corrected chi connectivity index (χ4v) is 2.12. The molecule has 0 saturated carbocycles.